The topological polar surface area (TPSA) is 45.0 Å². The second-order valence-corrected chi connectivity index (χ2v) is 5.03. The number of fused-ring (bicyclic) bond motifs is 1. The van der Waals surface area contributed by atoms with E-state index in [1.807, 2.05) is 54.6 Å². The SMILES string of the molecule is CN1C(=O)C(N=C=S)N=C(c2ccccc2)c2ccccc21. The third-order valence-corrected chi connectivity index (χ3v) is 3.65. The molecule has 1 amide bonds. The molecule has 1 heterocycles. The van der Waals surface area contributed by atoms with Crippen LogP contribution in [-0.4, -0.2) is 30.0 Å². The van der Waals surface area contributed by atoms with Gasteiger partial charge in [-0.25, -0.2) is 4.99 Å². The molecule has 3 rings (SSSR count). The molecule has 2 aromatic rings. The number of hydrogen-bond donors (Lipinski definition) is 0. The molecule has 22 heavy (non-hydrogen) atoms. The Labute approximate surface area is 133 Å². The summed E-state index contributed by atoms with van der Waals surface area (Å²) in [7, 11) is 1.72. The summed E-state index contributed by atoms with van der Waals surface area (Å²) in [6, 6.07) is 17.4. The number of thiocarbonyl (C=S) groups is 1. The van der Waals surface area contributed by atoms with Crippen molar-refractivity contribution in [2.45, 2.75) is 6.17 Å². The average molecular weight is 307 g/mol. The highest BCUT2D eigenvalue weighted by molar-refractivity contribution is 7.78. The van der Waals surface area contributed by atoms with Gasteiger partial charge < -0.3 is 4.90 Å². The van der Waals surface area contributed by atoms with E-state index in [9.17, 15) is 4.79 Å². The molecule has 0 N–H and O–H groups in total. The normalized spacial score (nSPS) is 17.1. The van der Waals surface area contributed by atoms with Crippen molar-refractivity contribution in [2.75, 3.05) is 11.9 Å². The number of anilines is 1. The predicted octanol–water partition coefficient (Wildman–Crippen LogP) is 2.93. The van der Waals surface area contributed by atoms with Crippen molar-refractivity contribution >= 4 is 34.7 Å². The van der Waals surface area contributed by atoms with Gasteiger partial charge in [0.25, 0.3) is 5.91 Å². The lowest BCUT2D eigenvalue weighted by atomic mass is 10.0. The second kappa shape index (κ2) is 6.02. The molecule has 0 bridgehead atoms. The molecule has 1 unspecified atom stereocenters. The molecule has 1 aliphatic rings. The van der Waals surface area contributed by atoms with Crippen molar-refractivity contribution in [2.24, 2.45) is 9.98 Å². The Morgan fingerprint density at radius 2 is 1.82 bits per heavy atom. The summed E-state index contributed by atoms with van der Waals surface area (Å²) in [4.78, 5) is 22.5. The van der Waals surface area contributed by atoms with Crippen LogP contribution in [0, 0.1) is 0 Å². The Hall–Kier alpha value is -2.62. The number of carbonyl (C=O) groups excluding carboxylic acids is 1. The van der Waals surface area contributed by atoms with Gasteiger partial charge in [0, 0.05) is 18.2 Å². The van der Waals surface area contributed by atoms with Crippen molar-refractivity contribution in [3.8, 4) is 0 Å². The maximum Gasteiger partial charge on any atom is 0.274 e. The molecule has 0 saturated carbocycles. The number of para-hydroxylation sites is 1. The molecule has 108 valence electrons. The monoisotopic (exact) mass is 307 g/mol. The van der Waals surface area contributed by atoms with Crippen LogP contribution in [0.3, 0.4) is 0 Å². The first-order chi connectivity index (χ1) is 10.7. The van der Waals surface area contributed by atoms with E-state index in [0.717, 1.165) is 22.5 Å². The number of nitrogens with zero attached hydrogens (tertiary/aromatic N) is 3. The van der Waals surface area contributed by atoms with Gasteiger partial charge in [0.1, 0.15) is 0 Å². The molecule has 5 heteroatoms. The van der Waals surface area contributed by atoms with Crippen molar-refractivity contribution in [3.05, 3.63) is 65.7 Å². The van der Waals surface area contributed by atoms with Gasteiger partial charge in [-0.05, 0) is 18.3 Å². The quantitative estimate of drug-likeness (QED) is 0.632. The van der Waals surface area contributed by atoms with E-state index in [-0.39, 0.29) is 5.91 Å². The summed E-state index contributed by atoms with van der Waals surface area (Å²) in [5.41, 5.74) is 3.36. The molecule has 0 fully saturated rings. The minimum absolute atomic E-state index is 0.226. The summed E-state index contributed by atoms with van der Waals surface area (Å²) < 4.78 is 0. The van der Waals surface area contributed by atoms with Gasteiger partial charge in [0.15, 0.2) is 0 Å². The van der Waals surface area contributed by atoms with Crippen LogP contribution in [0.25, 0.3) is 0 Å². The predicted molar refractivity (Wildman–Crippen MR) is 90.7 cm³/mol. The summed E-state index contributed by atoms with van der Waals surface area (Å²) in [6.07, 6.45) is -0.898. The fourth-order valence-corrected chi connectivity index (χ4v) is 2.57. The highest BCUT2D eigenvalue weighted by atomic mass is 32.1. The molecule has 4 nitrogen and oxygen atoms in total. The Bertz CT molecular complexity index is 795. The Kier molecular flexibility index (Phi) is 3.92. The molecule has 0 saturated heterocycles. The van der Waals surface area contributed by atoms with E-state index < -0.39 is 6.17 Å². The fraction of sp³-hybridized carbons (Fsp3) is 0.118. The van der Waals surface area contributed by atoms with Gasteiger partial charge in [-0.3, -0.25) is 4.79 Å². The van der Waals surface area contributed by atoms with Crippen molar-refractivity contribution < 1.29 is 4.79 Å². The Morgan fingerprint density at radius 1 is 1.14 bits per heavy atom. The number of benzodiazepines with no additional fused rings is 1. The lowest BCUT2D eigenvalue weighted by molar-refractivity contribution is -0.119. The van der Waals surface area contributed by atoms with E-state index in [1.165, 1.54) is 0 Å². The molecule has 1 aliphatic heterocycles. The number of aliphatic imine (C=N–C) groups is 2. The van der Waals surface area contributed by atoms with Crippen LogP contribution in [-0.2, 0) is 4.79 Å². The van der Waals surface area contributed by atoms with E-state index in [0.29, 0.717) is 0 Å². The summed E-state index contributed by atoms with van der Waals surface area (Å²) >= 11 is 4.65. The molecule has 0 aliphatic carbocycles. The average Bonchev–Trinajstić information content (AvgIpc) is 2.67. The number of likely N-dealkylation sites (N-methyl/N-ethyl adjacent to an activating group) is 1. The van der Waals surface area contributed by atoms with Gasteiger partial charge in [-0.2, -0.15) is 4.99 Å². The number of isothiocyanates is 1. The first kappa shape index (κ1) is 14.3. The first-order valence-corrected chi connectivity index (χ1v) is 7.20. The maximum atomic E-state index is 12.5. The van der Waals surface area contributed by atoms with Crippen LogP contribution in [0.5, 0.6) is 0 Å². The molecule has 0 radical (unpaired) electrons. The smallest absolute Gasteiger partial charge is 0.274 e. The number of hydrogen-bond acceptors (Lipinski definition) is 4. The van der Waals surface area contributed by atoms with Gasteiger partial charge in [0.2, 0.25) is 6.17 Å². The van der Waals surface area contributed by atoms with E-state index in [2.05, 4.69) is 27.4 Å². The lowest BCUT2D eigenvalue weighted by Crippen LogP contribution is -2.33. The van der Waals surface area contributed by atoms with Crippen molar-refractivity contribution in [1.29, 1.82) is 0 Å². The van der Waals surface area contributed by atoms with Crippen LogP contribution in [0.2, 0.25) is 0 Å². The molecule has 2 aromatic carbocycles. The standard InChI is InChI=1S/C17H13N3OS/c1-20-14-10-6-5-9-13(14)15(12-7-3-2-4-8-12)19-16(17(20)21)18-11-22/h2-10,16H,1H3. The van der Waals surface area contributed by atoms with Crippen LogP contribution in [0.15, 0.2) is 64.6 Å². The number of benzene rings is 2. The zero-order valence-corrected chi connectivity index (χ0v) is 12.7. The molecule has 0 spiro atoms. The number of amides is 1. The van der Waals surface area contributed by atoms with E-state index >= 15 is 0 Å². The van der Waals surface area contributed by atoms with Gasteiger partial charge in [0.05, 0.1) is 16.6 Å². The second-order valence-electron chi connectivity index (χ2n) is 4.85. The molecular weight excluding hydrogens is 294 g/mol. The van der Waals surface area contributed by atoms with Gasteiger partial charge in [-0.15, -0.1) is 0 Å². The van der Waals surface area contributed by atoms with Crippen molar-refractivity contribution in [3.63, 3.8) is 0 Å². The third kappa shape index (κ3) is 2.48. The lowest BCUT2D eigenvalue weighted by Gasteiger charge is -2.18. The van der Waals surface area contributed by atoms with Gasteiger partial charge in [-0.1, -0.05) is 48.5 Å². The van der Waals surface area contributed by atoms with Crippen LogP contribution >= 0.6 is 12.2 Å². The maximum absolute atomic E-state index is 12.5. The van der Waals surface area contributed by atoms with Gasteiger partial charge >= 0.3 is 0 Å². The molecular formula is C17H13N3OS. The fourth-order valence-electron chi connectivity index (χ4n) is 2.47. The first-order valence-electron chi connectivity index (χ1n) is 6.79. The van der Waals surface area contributed by atoms with Crippen LogP contribution in [0.1, 0.15) is 11.1 Å². The van der Waals surface area contributed by atoms with Crippen molar-refractivity contribution in [1.82, 2.24) is 0 Å². The highest BCUT2D eigenvalue weighted by Gasteiger charge is 2.29. The van der Waals surface area contributed by atoms with E-state index in [4.69, 9.17) is 0 Å². The Balaban J connectivity index is 2.27. The Morgan fingerprint density at radius 3 is 2.55 bits per heavy atom. The van der Waals surface area contributed by atoms with E-state index in [1.54, 1.807) is 11.9 Å². The van der Waals surface area contributed by atoms with Crippen LogP contribution in [0.4, 0.5) is 5.69 Å². The minimum atomic E-state index is -0.898. The number of rotatable bonds is 2. The molecule has 1 atom stereocenters. The third-order valence-electron chi connectivity index (χ3n) is 3.55. The zero-order chi connectivity index (χ0) is 15.5. The summed E-state index contributed by atoms with van der Waals surface area (Å²) in [6.45, 7) is 0. The highest BCUT2D eigenvalue weighted by Crippen LogP contribution is 2.27. The summed E-state index contributed by atoms with van der Waals surface area (Å²) in [5.74, 6) is -0.226. The zero-order valence-electron chi connectivity index (χ0n) is 11.9. The summed E-state index contributed by atoms with van der Waals surface area (Å²) in [5, 5.41) is 2.27. The molecule has 0 aromatic heterocycles. The van der Waals surface area contributed by atoms with Crippen LogP contribution < -0.4 is 4.90 Å². The minimum Gasteiger partial charge on any atom is -0.311 e. The number of carbonyl (C=O) groups is 1. The largest absolute Gasteiger partial charge is 0.311 e.